The van der Waals surface area contributed by atoms with Crippen LogP contribution in [0.15, 0.2) is 24.4 Å². The summed E-state index contributed by atoms with van der Waals surface area (Å²) in [6.45, 7) is -1.33. The molecule has 0 atom stereocenters. The average molecular weight is 259 g/mol. The topological polar surface area (TPSA) is 50.9 Å². The Bertz CT molecular complexity index is 580. The van der Waals surface area contributed by atoms with Crippen molar-refractivity contribution in [3.63, 3.8) is 0 Å². The summed E-state index contributed by atoms with van der Waals surface area (Å²) in [6, 6.07) is 4.11. The highest BCUT2D eigenvalue weighted by Gasteiger charge is 2.27. The normalized spacial score (nSPS) is 11.8. The molecule has 0 spiro atoms. The lowest BCUT2D eigenvalue weighted by molar-refractivity contribution is -0.115. The molecule has 0 aliphatic rings. The van der Waals surface area contributed by atoms with Crippen molar-refractivity contribution >= 4 is 22.3 Å². The summed E-state index contributed by atoms with van der Waals surface area (Å²) in [7, 11) is 0. The van der Waals surface area contributed by atoms with Gasteiger partial charge in [0.05, 0.1) is 11.2 Å². The Kier molecular flexibility index (Phi) is 2.98. The van der Waals surface area contributed by atoms with Gasteiger partial charge in [-0.1, -0.05) is 0 Å². The van der Waals surface area contributed by atoms with E-state index in [0.29, 0.717) is 5.39 Å². The van der Waals surface area contributed by atoms with E-state index >= 15 is 0 Å². The first-order chi connectivity index (χ1) is 8.38. The van der Waals surface area contributed by atoms with E-state index < -0.39 is 18.5 Å². The number of nitrogens with one attached hydrogen (secondary N) is 1. The van der Waals surface area contributed by atoms with Gasteiger partial charge in [0.2, 0.25) is 0 Å². The molecule has 0 radical (unpaired) electrons. The van der Waals surface area contributed by atoms with Crippen LogP contribution in [-0.2, 0) is 0 Å². The van der Waals surface area contributed by atoms with E-state index in [9.17, 15) is 17.6 Å². The van der Waals surface area contributed by atoms with Crippen molar-refractivity contribution in [3.8, 4) is 0 Å². The Labute approximate surface area is 99.6 Å². The minimum Gasteiger partial charge on any atom is -0.398 e. The number of anilines is 2. The number of aromatic nitrogens is 1. The van der Waals surface area contributed by atoms with Crippen LogP contribution in [-0.4, -0.2) is 17.7 Å². The fraction of sp³-hybridized carbons (Fsp3) is 0.182. The Hall–Kier alpha value is -2.05. The molecule has 18 heavy (non-hydrogen) atoms. The van der Waals surface area contributed by atoms with Crippen LogP contribution in [0.4, 0.5) is 28.9 Å². The first-order valence-electron chi connectivity index (χ1n) is 5.02. The van der Waals surface area contributed by atoms with Gasteiger partial charge in [-0.3, -0.25) is 4.98 Å². The Morgan fingerprint density at radius 2 is 2.06 bits per heavy atom. The van der Waals surface area contributed by atoms with Crippen LogP contribution in [0.3, 0.4) is 0 Å². The minimum atomic E-state index is -4.44. The molecule has 3 nitrogen and oxygen atoms in total. The van der Waals surface area contributed by atoms with Crippen molar-refractivity contribution in [1.29, 1.82) is 0 Å². The second-order valence-corrected chi connectivity index (χ2v) is 3.69. The van der Waals surface area contributed by atoms with Crippen LogP contribution in [0.5, 0.6) is 0 Å². The largest absolute Gasteiger partial charge is 0.405 e. The molecule has 1 heterocycles. The number of hydrogen-bond donors (Lipinski definition) is 2. The molecule has 0 saturated carbocycles. The van der Waals surface area contributed by atoms with Gasteiger partial charge in [0.1, 0.15) is 6.54 Å². The van der Waals surface area contributed by atoms with Gasteiger partial charge in [0.15, 0.2) is 5.82 Å². The van der Waals surface area contributed by atoms with Crippen LogP contribution in [0, 0.1) is 5.82 Å². The third-order valence-corrected chi connectivity index (χ3v) is 2.34. The molecule has 3 N–H and O–H groups in total. The van der Waals surface area contributed by atoms with Gasteiger partial charge in [0, 0.05) is 17.3 Å². The first-order valence-corrected chi connectivity index (χ1v) is 5.02. The lowest BCUT2D eigenvalue weighted by atomic mass is 10.1. The average Bonchev–Trinajstić information content (AvgIpc) is 2.27. The third-order valence-electron chi connectivity index (χ3n) is 2.34. The molecule has 0 bridgehead atoms. The standard InChI is InChI=1S/C11H9F4N3/c12-7-4-8(16)6-2-1-3-17-9(6)10(7)18-5-11(13,14)15/h1-4,18H,5,16H2. The summed E-state index contributed by atoms with van der Waals surface area (Å²) in [5.74, 6) is -0.858. The van der Waals surface area contributed by atoms with Gasteiger partial charge in [-0.15, -0.1) is 0 Å². The molecule has 0 fully saturated rings. The number of nitrogen functional groups attached to an aromatic ring is 1. The summed E-state index contributed by atoms with van der Waals surface area (Å²) in [4.78, 5) is 3.85. The number of rotatable bonds is 2. The zero-order valence-electron chi connectivity index (χ0n) is 9.05. The molecule has 7 heteroatoms. The number of fused-ring (bicyclic) bond motifs is 1. The number of nitrogens with zero attached hydrogens (tertiary/aromatic N) is 1. The second-order valence-electron chi connectivity index (χ2n) is 3.69. The number of pyridine rings is 1. The smallest absolute Gasteiger partial charge is 0.398 e. The molecular formula is C11H9F4N3. The van der Waals surface area contributed by atoms with Gasteiger partial charge in [0.25, 0.3) is 0 Å². The van der Waals surface area contributed by atoms with Crippen molar-refractivity contribution in [2.24, 2.45) is 0 Å². The van der Waals surface area contributed by atoms with Gasteiger partial charge < -0.3 is 11.1 Å². The van der Waals surface area contributed by atoms with E-state index in [0.717, 1.165) is 6.07 Å². The molecule has 0 aliphatic heterocycles. The maximum Gasteiger partial charge on any atom is 0.405 e. The van der Waals surface area contributed by atoms with Crippen molar-refractivity contribution in [2.45, 2.75) is 6.18 Å². The highest BCUT2D eigenvalue weighted by Crippen LogP contribution is 2.30. The lowest BCUT2D eigenvalue weighted by Gasteiger charge is -2.13. The van der Waals surface area contributed by atoms with Crippen molar-refractivity contribution in [1.82, 2.24) is 4.98 Å². The summed E-state index contributed by atoms with van der Waals surface area (Å²) in [5, 5.41) is 2.41. The number of alkyl halides is 3. The van der Waals surface area contributed by atoms with Gasteiger partial charge >= 0.3 is 6.18 Å². The quantitative estimate of drug-likeness (QED) is 0.644. The van der Waals surface area contributed by atoms with E-state index in [1.807, 2.05) is 5.32 Å². The molecule has 0 aliphatic carbocycles. The zero-order chi connectivity index (χ0) is 13.3. The minimum absolute atomic E-state index is 0.0826. The highest BCUT2D eigenvalue weighted by molar-refractivity contribution is 5.98. The predicted molar refractivity (Wildman–Crippen MR) is 60.7 cm³/mol. The zero-order valence-corrected chi connectivity index (χ0v) is 9.05. The molecule has 1 aromatic heterocycles. The fourth-order valence-electron chi connectivity index (χ4n) is 1.59. The Balaban J connectivity index is 2.49. The molecule has 2 aromatic rings. The third kappa shape index (κ3) is 2.44. The first kappa shape index (κ1) is 12.4. The monoisotopic (exact) mass is 259 g/mol. The summed E-state index contributed by atoms with van der Waals surface area (Å²) in [5.41, 5.74) is 5.50. The SMILES string of the molecule is Nc1cc(F)c(NCC(F)(F)F)c2ncccc12. The van der Waals surface area contributed by atoms with Crippen molar-refractivity contribution in [2.75, 3.05) is 17.6 Å². The number of hydrogen-bond acceptors (Lipinski definition) is 3. The summed E-state index contributed by atoms with van der Waals surface area (Å²) >= 11 is 0. The van der Waals surface area contributed by atoms with Gasteiger partial charge in [-0.25, -0.2) is 4.39 Å². The van der Waals surface area contributed by atoms with Crippen molar-refractivity contribution < 1.29 is 17.6 Å². The molecule has 0 unspecified atom stereocenters. The maximum absolute atomic E-state index is 13.6. The molecular weight excluding hydrogens is 250 g/mol. The number of nitrogens with two attached hydrogens (primary N) is 1. The van der Waals surface area contributed by atoms with E-state index in [2.05, 4.69) is 4.98 Å². The number of halogens is 4. The maximum atomic E-state index is 13.6. The van der Waals surface area contributed by atoms with Crippen LogP contribution >= 0.6 is 0 Å². The van der Waals surface area contributed by atoms with E-state index in [1.165, 1.54) is 6.20 Å². The Morgan fingerprint density at radius 1 is 1.33 bits per heavy atom. The van der Waals surface area contributed by atoms with Crippen LogP contribution in [0.1, 0.15) is 0 Å². The summed E-state index contributed by atoms with van der Waals surface area (Å²) in [6.07, 6.45) is -3.07. The molecule has 0 amide bonds. The summed E-state index contributed by atoms with van der Waals surface area (Å²) < 4.78 is 50.0. The van der Waals surface area contributed by atoms with Crippen LogP contribution in [0.25, 0.3) is 10.9 Å². The Morgan fingerprint density at radius 3 is 2.72 bits per heavy atom. The second kappa shape index (κ2) is 4.32. The van der Waals surface area contributed by atoms with E-state index in [1.54, 1.807) is 12.1 Å². The molecule has 1 aromatic carbocycles. The van der Waals surface area contributed by atoms with E-state index in [-0.39, 0.29) is 16.9 Å². The predicted octanol–water partition coefficient (Wildman–Crippen LogP) is 2.93. The highest BCUT2D eigenvalue weighted by atomic mass is 19.4. The van der Waals surface area contributed by atoms with Crippen LogP contribution < -0.4 is 11.1 Å². The van der Waals surface area contributed by atoms with E-state index in [4.69, 9.17) is 5.73 Å². The lowest BCUT2D eigenvalue weighted by Crippen LogP contribution is -2.22. The van der Waals surface area contributed by atoms with Gasteiger partial charge in [-0.05, 0) is 18.2 Å². The van der Waals surface area contributed by atoms with Gasteiger partial charge in [-0.2, -0.15) is 13.2 Å². The van der Waals surface area contributed by atoms with Crippen molar-refractivity contribution in [3.05, 3.63) is 30.2 Å². The molecule has 96 valence electrons. The molecule has 0 saturated heterocycles. The number of benzene rings is 1. The molecule has 2 rings (SSSR count). The van der Waals surface area contributed by atoms with Crippen LogP contribution in [0.2, 0.25) is 0 Å². The fourth-order valence-corrected chi connectivity index (χ4v) is 1.59.